The summed E-state index contributed by atoms with van der Waals surface area (Å²) in [7, 11) is -3.81. The van der Waals surface area contributed by atoms with Gasteiger partial charge in [-0.2, -0.15) is 0 Å². The molecular weight excluding hydrogens is 372 g/mol. The third-order valence-corrected chi connectivity index (χ3v) is 6.44. The summed E-state index contributed by atoms with van der Waals surface area (Å²) in [5.74, 6) is -0.880. The zero-order chi connectivity index (χ0) is 17.9. The maximum absolute atomic E-state index is 12.5. The Kier molecular flexibility index (Phi) is 5.84. The molecule has 2 aromatic rings. The minimum absolute atomic E-state index is 0.0881. The van der Waals surface area contributed by atoms with E-state index in [1.807, 2.05) is 0 Å². The van der Waals surface area contributed by atoms with Crippen LogP contribution in [-0.2, 0) is 19.6 Å². The van der Waals surface area contributed by atoms with Gasteiger partial charge in [-0.25, -0.2) is 13.4 Å². The number of halogens is 1. The average Bonchev–Trinajstić information content (AvgIpc) is 2.97. The van der Waals surface area contributed by atoms with Crippen LogP contribution in [-0.4, -0.2) is 26.0 Å². The SMILES string of the molecule is CCOC(=O)C(C)c1cnc(NS(=O)(=O)c2cccc(Cl)c2C)s1. The summed E-state index contributed by atoms with van der Waals surface area (Å²) in [6.45, 7) is 5.33. The lowest BCUT2D eigenvalue weighted by molar-refractivity contribution is -0.144. The molecule has 1 atom stereocenters. The minimum Gasteiger partial charge on any atom is -0.466 e. The second kappa shape index (κ2) is 7.50. The Morgan fingerprint density at radius 3 is 2.83 bits per heavy atom. The Morgan fingerprint density at radius 2 is 2.17 bits per heavy atom. The van der Waals surface area contributed by atoms with E-state index in [-0.39, 0.29) is 22.6 Å². The molecule has 0 aliphatic heterocycles. The Hall–Kier alpha value is -1.64. The minimum atomic E-state index is -3.81. The number of esters is 1. The van der Waals surface area contributed by atoms with Gasteiger partial charge < -0.3 is 4.74 Å². The van der Waals surface area contributed by atoms with Crippen LogP contribution in [0.2, 0.25) is 5.02 Å². The van der Waals surface area contributed by atoms with Crippen molar-refractivity contribution in [2.24, 2.45) is 0 Å². The van der Waals surface area contributed by atoms with E-state index in [0.29, 0.717) is 15.5 Å². The van der Waals surface area contributed by atoms with Crippen molar-refractivity contribution in [1.29, 1.82) is 0 Å². The number of carbonyl (C=O) groups excluding carboxylic acids is 1. The Balaban J connectivity index is 2.22. The van der Waals surface area contributed by atoms with Crippen LogP contribution < -0.4 is 4.72 Å². The van der Waals surface area contributed by atoms with Crippen molar-refractivity contribution in [3.8, 4) is 0 Å². The third kappa shape index (κ3) is 4.06. The third-order valence-electron chi connectivity index (χ3n) is 3.32. The fourth-order valence-electron chi connectivity index (χ4n) is 1.97. The predicted octanol–water partition coefficient (Wildman–Crippen LogP) is 3.57. The van der Waals surface area contributed by atoms with Crippen molar-refractivity contribution in [1.82, 2.24) is 4.98 Å². The van der Waals surface area contributed by atoms with Gasteiger partial charge in [-0.1, -0.05) is 17.7 Å². The van der Waals surface area contributed by atoms with Gasteiger partial charge in [0.05, 0.1) is 17.4 Å². The van der Waals surface area contributed by atoms with Gasteiger partial charge >= 0.3 is 5.97 Å². The van der Waals surface area contributed by atoms with E-state index in [1.54, 1.807) is 32.9 Å². The molecule has 6 nitrogen and oxygen atoms in total. The first-order valence-electron chi connectivity index (χ1n) is 7.16. The Morgan fingerprint density at radius 1 is 1.46 bits per heavy atom. The van der Waals surface area contributed by atoms with E-state index in [2.05, 4.69) is 9.71 Å². The molecule has 0 aliphatic rings. The molecule has 2 rings (SSSR count). The highest BCUT2D eigenvalue weighted by Gasteiger charge is 2.23. The van der Waals surface area contributed by atoms with E-state index >= 15 is 0 Å². The van der Waals surface area contributed by atoms with Crippen LogP contribution >= 0.6 is 22.9 Å². The number of nitrogens with zero attached hydrogens (tertiary/aromatic N) is 1. The number of anilines is 1. The summed E-state index contributed by atoms with van der Waals surface area (Å²) >= 11 is 7.07. The van der Waals surface area contributed by atoms with E-state index in [9.17, 15) is 13.2 Å². The zero-order valence-corrected chi connectivity index (χ0v) is 15.8. The molecule has 1 aromatic heterocycles. The standard InChI is InChI=1S/C15H17ClN2O4S2/c1-4-22-14(19)10(3)12-8-17-15(23-12)18-24(20,21)13-7-5-6-11(16)9(13)2/h5-8,10H,4H2,1-3H3,(H,17,18). The quantitative estimate of drug-likeness (QED) is 0.764. The monoisotopic (exact) mass is 388 g/mol. The van der Waals surface area contributed by atoms with Crippen molar-refractivity contribution in [3.05, 3.63) is 39.9 Å². The first-order chi connectivity index (χ1) is 11.3. The molecule has 0 bridgehead atoms. The summed E-state index contributed by atoms with van der Waals surface area (Å²) in [5.41, 5.74) is 0.461. The molecule has 1 unspecified atom stereocenters. The number of aromatic nitrogens is 1. The van der Waals surface area contributed by atoms with Crippen molar-refractivity contribution < 1.29 is 17.9 Å². The Labute approximate surface area is 149 Å². The molecular formula is C15H17ClN2O4S2. The number of carbonyl (C=O) groups is 1. The molecule has 0 fully saturated rings. The van der Waals surface area contributed by atoms with Gasteiger partial charge in [0.25, 0.3) is 10.0 Å². The molecule has 0 aliphatic carbocycles. The molecule has 1 N–H and O–H groups in total. The zero-order valence-electron chi connectivity index (χ0n) is 13.4. The van der Waals surface area contributed by atoms with Gasteiger partial charge in [0, 0.05) is 16.1 Å². The first-order valence-corrected chi connectivity index (χ1v) is 9.84. The van der Waals surface area contributed by atoms with Gasteiger partial charge in [-0.15, -0.1) is 11.3 Å². The molecule has 0 amide bonds. The maximum Gasteiger partial charge on any atom is 0.314 e. The number of hydrogen-bond acceptors (Lipinski definition) is 6. The van der Waals surface area contributed by atoms with Crippen LogP contribution in [0.25, 0.3) is 0 Å². The van der Waals surface area contributed by atoms with Crippen LogP contribution in [0.3, 0.4) is 0 Å². The summed E-state index contributed by atoms with van der Waals surface area (Å²) < 4.78 is 32.4. The molecule has 0 radical (unpaired) electrons. The normalized spacial score (nSPS) is 12.7. The average molecular weight is 389 g/mol. The number of hydrogen-bond donors (Lipinski definition) is 1. The molecule has 0 saturated carbocycles. The van der Waals surface area contributed by atoms with Crippen molar-refractivity contribution >= 4 is 44.1 Å². The summed E-state index contributed by atoms with van der Waals surface area (Å²) in [4.78, 5) is 16.5. The molecule has 9 heteroatoms. The largest absolute Gasteiger partial charge is 0.466 e. The molecule has 1 aromatic carbocycles. The van der Waals surface area contributed by atoms with E-state index < -0.39 is 15.9 Å². The maximum atomic E-state index is 12.5. The highest BCUT2D eigenvalue weighted by molar-refractivity contribution is 7.93. The summed E-state index contributed by atoms with van der Waals surface area (Å²) in [6.07, 6.45) is 1.47. The van der Waals surface area contributed by atoms with Gasteiger partial charge in [-0.3, -0.25) is 9.52 Å². The smallest absolute Gasteiger partial charge is 0.314 e. The number of rotatable bonds is 6. The molecule has 0 spiro atoms. The van der Waals surface area contributed by atoms with E-state index in [4.69, 9.17) is 16.3 Å². The molecule has 0 saturated heterocycles. The van der Waals surface area contributed by atoms with E-state index in [1.165, 1.54) is 12.3 Å². The van der Waals surface area contributed by atoms with Crippen LogP contribution in [0.1, 0.15) is 30.2 Å². The topological polar surface area (TPSA) is 85.4 Å². The van der Waals surface area contributed by atoms with Crippen LogP contribution in [0.4, 0.5) is 5.13 Å². The number of sulfonamides is 1. The van der Waals surface area contributed by atoms with Crippen LogP contribution in [0.15, 0.2) is 29.3 Å². The van der Waals surface area contributed by atoms with E-state index in [0.717, 1.165) is 11.3 Å². The van der Waals surface area contributed by atoms with Crippen LogP contribution in [0.5, 0.6) is 0 Å². The lowest BCUT2D eigenvalue weighted by Crippen LogP contribution is -2.14. The lowest BCUT2D eigenvalue weighted by Gasteiger charge is -2.09. The Bertz CT molecular complexity index is 849. The van der Waals surface area contributed by atoms with Gasteiger partial charge in [-0.05, 0) is 38.5 Å². The van der Waals surface area contributed by atoms with Gasteiger partial charge in [0.15, 0.2) is 5.13 Å². The van der Waals surface area contributed by atoms with Gasteiger partial charge in [0.2, 0.25) is 0 Å². The first kappa shape index (κ1) is 18.7. The van der Waals surface area contributed by atoms with Crippen molar-refractivity contribution in [3.63, 3.8) is 0 Å². The summed E-state index contributed by atoms with van der Waals surface area (Å²) in [5, 5.41) is 0.550. The lowest BCUT2D eigenvalue weighted by atomic mass is 10.1. The van der Waals surface area contributed by atoms with Crippen LogP contribution in [0, 0.1) is 6.92 Å². The number of ether oxygens (including phenoxy) is 1. The second-order valence-corrected chi connectivity index (χ2v) is 8.13. The molecule has 24 heavy (non-hydrogen) atoms. The number of benzene rings is 1. The predicted molar refractivity (Wildman–Crippen MR) is 94.2 cm³/mol. The highest BCUT2D eigenvalue weighted by Crippen LogP contribution is 2.29. The number of thiazole rings is 1. The highest BCUT2D eigenvalue weighted by atomic mass is 35.5. The van der Waals surface area contributed by atoms with Crippen molar-refractivity contribution in [2.75, 3.05) is 11.3 Å². The van der Waals surface area contributed by atoms with Gasteiger partial charge in [0.1, 0.15) is 0 Å². The fourth-order valence-corrected chi connectivity index (χ4v) is 4.56. The fraction of sp³-hybridized carbons (Fsp3) is 0.333. The van der Waals surface area contributed by atoms with Crippen molar-refractivity contribution in [2.45, 2.75) is 31.6 Å². The molecule has 1 heterocycles. The number of nitrogens with one attached hydrogen (secondary N) is 1. The molecule has 130 valence electrons. The summed E-state index contributed by atoms with van der Waals surface area (Å²) in [6, 6.07) is 4.66. The second-order valence-electron chi connectivity index (χ2n) is 5.01.